The van der Waals surface area contributed by atoms with E-state index in [-0.39, 0.29) is 5.91 Å². The van der Waals surface area contributed by atoms with Gasteiger partial charge in [-0.25, -0.2) is 0 Å². The predicted octanol–water partition coefficient (Wildman–Crippen LogP) is 1.71. The number of rotatable bonds is 2. The molecule has 0 aromatic rings. The van der Waals surface area contributed by atoms with Gasteiger partial charge in [0.2, 0.25) is 5.91 Å². The van der Waals surface area contributed by atoms with Crippen molar-refractivity contribution in [2.45, 2.75) is 18.9 Å². The summed E-state index contributed by atoms with van der Waals surface area (Å²) in [5, 5.41) is 1.81. The second kappa shape index (κ2) is 2.41. The lowest BCUT2D eigenvalue weighted by Crippen LogP contribution is -2.45. The van der Waals surface area contributed by atoms with Gasteiger partial charge in [0.1, 0.15) is 0 Å². The van der Waals surface area contributed by atoms with Crippen molar-refractivity contribution in [2.75, 3.05) is 0 Å². The zero-order chi connectivity index (χ0) is 7.84. The van der Waals surface area contributed by atoms with Crippen molar-refractivity contribution < 1.29 is 4.79 Å². The molecule has 0 bridgehead atoms. The van der Waals surface area contributed by atoms with Crippen molar-refractivity contribution >= 4 is 17.7 Å². The first kappa shape index (κ1) is 6.98. The molecule has 3 heteroatoms. The van der Waals surface area contributed by atoms with Crippen LogP contribution in [0.1, 0.15) is 12.8 Å². The number of β-lactam (4-membered cyclic amide) rings is 1. The summed E-state index contributed by atoms with van der Waals surface area (Å²) in [4.78, 5) is 14.0. The van der Waals surface area contributed by atoms with E-state index in [1.807, 2.05) is 16.5 Å². The molecule has 0 aromatic heterocycles. The van der Waals surface area contributed by atoms with Gasteiger partial charge in [-0.15, -0.1) is 11.8 Å². The van der Waals surface area contributed by atoms with E-state index in [4.69, 9.17) is 0 Å². The van der Waals surface area contributed by atoms with Crippen LogP contribution >= 0.6 is 11.8 Å². The molecule has 0 aromatic carbocycles. The molecular formula is C8H9NOS. The van der Waals surface area contributed by atoms with E-state index in [9.17, 15) is 4.79 Å². The molecule has 58 valence electrons. The summed E-state index contributed by atoms with van der Waals surface area (Å²) in [7, 11) is 0. The molecular weight excluding hydrogens is 158 g/mol. The first-order valence-corrected chi connectivity index (χ1v) is 4.48. The monoisotopic (exact) mass is 167 g/mol. The Bertz CT molecular complexity index is 246. The van der Waals surface area contributed by atoms with Crippen LogP contribution < -0.4 is 0 Å². The average Bonchev–Trinajstić information content (AvgIpc) is 2.29. The van der Waals surface area contributed by atoms with Crippen molar-refractivity contribution in [3.05, 3.63) is 23.1 Å². The highest BCUT2D eigenvalue weighted by molar-refractivity contribution is 8.05. The van der Waals surface area contributed by atoms with Crippen molar-refractivity contribution in [2.24, 2.45) is 0 Å². The number of nitrogens with zero attached hydrogens (tertiary/aromatic N) is 1. The second-order valence-electron chi connectivity index (χ2n) is 2.74. The van der Waals surface area contributed by atoms with Gasteiger partial charge in [0.05, 0.1) is 0 Å². The summed E-state index contributed by atoms with van der Waals surface area (Å²) in [5.41, 5.74) is 0. The van der Waals surface area contributed by atoms with Crippen LogP contribution in [0.15, 0.2) is 23.1 Å². The molecule has 2 nitrogen and oxygen atoms in total. The van der Waals surface area contributed by atoms with Crippen LogP contribution in [0, 0.1) is 0 Å². The van der Waals surface area contributed by atoms with Crippen molar-refractivity contribution in [3.63, 3.8) is 0 Å². The molecule has 2 rings (SSSR count). The molecule has 1 saturated heterocycles. The summed E-state index contributed by atoms with van der Waals surface area (Å²) in [6, 6.07) is 0.477. The molecule has 0 saturated carbocycles. The van der Waals surface area contributed by atoms with Gasteiger partial charge >= 0.3 is 0 Å². The fourth-order valence-corrected chi connectivity index (χ4v) is 2.15. The normalized spacial score (nSPS) is 27.6. The lowest BCUT2D eigenvalue weighted by atomic mass is 10.0. The molecule has 1 unspecified atom stereocenters. The van der Waals surface area contributed by atoms with Crippen LogP contribution in [-0.4, -0.2) is 16.8 Å². The summed E-state index contributed by atoms with van der Waals surface area (Å²) < 4.78 is 0. The highest BCUT2D eigenvalue weighted by Gasteiger charge is 2.39. The minimum atomic E-state index is 0.259. The highest BCUT2D eigenvalue weighted by atomic mass is 32.2. The van der Waals surface area contributed by atoms with Crippen molar-refractivity contribution in [1.29, 1.82) is 0 Å². The Hall–Kier alpha value is -0.700. The van der Waals surface area contributed by atoms with Crippen LogP contribution in [0.3, 0.4) is 0 Å². The third-order valence-corrected chi connectivity index (χ3v) is 2.79. The van der Waals surface area contributed by atoms with E-state index < -0.39 is 0 Å². The number of hydrogen-bond donors (Lipinski definition) is 0. The number of hydrogen-bond acceptors (Lipinski definition) is 2. The molecule has 0 N–H and O–H groups in total. The maximum absolute atomic E-state index is 10.9. The van der Waals surface area contributed by atoms with E-state index in [1.54, 1.807) is 11.8 Å². The second-order valence-corrected chi connectivity index (χ2v) is 3.84. The Morgan fingerprint density at radius 2 is 2.55 bits per heavy atom. The maximum atomic E-state index is 10.9. The van der Waals surface area contributed by atoms with Gasteiger partial charge in [0.15, 0.2) is 0 Å². The number of fused-ring (bicyclic) bond motifs is 1. The van der Waals surface area contributed by atoms with Crippen LogP contribution in [0.25, 0.3) is 0 Å². The maximum Gasteiger partial charge on any atom is 0.228 e. The summed E-state index contributed by atoms with van der Waals surface area (Å²) in [6.45, 7) is 3.63. The summed E-state index contributed by atoms with van der Waals surface area (Å²) in [5.74, 6) is 0.259. The topological polar surface area (TPSA) is 20.3 Å². The summed E-state index contributed by atoms with van der Waals surface area (Å²) in [6.07, 6.45) is 3.71. The van der Waals surface area contributed by atoms with Gasteiger partial charge in [-0.3, -0.25) is 4.79 Å². The Kier molecular flexibility index (Phi) is 1.53. The number of thioether (sulfide) groups is 1. The zero-order valence-corrected chi connectivity index (χ0v) is 6.93. The van der Waals surface area contributed by atoms with Crippen LogP contribution in [0.5, 0.6) is 0 Å². The van der Waals surface area contributed by atoms with Gasteiger partial charge < -0.3 is 4.90 Å². The molecule has 2 aliphatic rings. The fourth-order valence-electron chi connectivity index (χ4n) is 1.47. The van der Waals surface area contributed by atoms with Crippen LogP contribution in [-0.2, 0) is 4.79 Å². The quantitative estimate of drug-likeness (QED) is 0.583. The number of carbonyl (C=O) groups excluding carboxylic acids is 1. The molecule has 1 amide bonds. The van der Waals surface area contributed by atoms with E-state index >= 15 is 0 Å². The third-order valence-electron chi connectivity index (χ3n) is 2.05. The summed E-state index contributed by atoms with van der Waals surface area (Å²) >= 11 is 1.62. The Morgan fingerprint density at radius 3 is 3.09 bits per heavy atom. The largest absolute Gasteiger partial charge is 0.314 e. The minimum Gasteiger partial charge on any atom is -0.314 e. The Morgan fingerprint density at radius 1 is 1.73 bits per heavy atom. The van der Waals surface area contributed by atoms with E-state index in [0.29, 0.717) is 6.04 Å². The predicted molar refractivity (Wildman–Crippen MR) is 45.7 cm³/mol. The molecule has 0 spiro atoms. The molecule has 2 aliphatic heterocycles. The molecule has 0 aliphatic carbocycles. The van der Waals surface area contributed by atoms with Crippen LogP contribution in [0.2, 0.25) is 0 Å². The molecule has 0 radical (unpaired) electrons. The van der Waals surface area contributed by atoms with E-state index in [2.05, 4.69) is 6.58 Å². The molecule has 2 heterocycles. The first-order valence-electron chi connectivity index (χ1n) is 3.60. The van der Waals surface area contributed by atoms with Crippen molar-refractivity contribution in [3.8, 4) is 0 Å². The van der Waals surface area contributed by atoms with Crippen molar-refractivity contribution in [1.82, 2.24) is 4.90 Å². The molecule has 1 fully saturated rings. The van der Waals surface area contributed by atoms with Crippen LogP contribution in [0.4, 0.5) is 0 Å². The van der Waals surface area contributed by atoms with E-state index in [1.165, 1.54) is 4.91 Å². The third kappa shape index (κ3) is 0.997. The number of amides is 1. The first-order chi connectivity index (χ1) is 5.31. The van der Waals surface area contributed by atoms with Gasteiger partial charge in [-0.1, -0.05) is 6.58 Å². The highest BCUT2D eigenvalue weighted by Crippen LogP contribution is 2.37. The Labute approximate surface area is 69.9 Å². The zero-order valence-electron chi connectivity index (χ0n) is 6.12. The smallest absolute Gasteiger partial charge is 0.228 e. The standard InChI is InChI=1S/C8H9NOS/c1-2-11-7-3-6-4-8(10)9(6)5-7/h2,5-6H,1,3-4H2. The minimum absolute atomic E-state index is 0.259. The molecule has 1 atom stereocenters. The number of carbonyl (C=O) groups is 1. The van der Waals surface area contributed by atoms with Gasteiger partial charge in [0, 0.05) is 30.0 Å². The van der Waals surface area contributed by atoms with Gasteiger partial charge in [0.25, 0.3) is 0 Å². The lowest BCUT2D eigenvalue weighted by molar-refractivity contribution is -0.140. The lowest BCUT2D eigenvalue weighted by Gasteiger charge is -2.32. The SMILES string of the molecule is C=CSC1=CN2C(=O)CC2C1. The van der Waals surface area contributed by atoms with E-state index in [0.717, 1.165) is 12.8 Å². The Balaban J connectivity index is 2.06. The average molecular weight is 167 g/mol. The van der Waals surface area contributed by atoms with Gasteiger partial charge in [-0.05, 0) is 5.41 Å². The molecule has 11 heavy (non-hydrogen) atoms. The van der Waals surface area contributed by atoms with Gasteiger partial charge in [-0.2, -0.15) is 0 Å². The fraction of sp³-hybridized carbons (Fsp3) is 0.375.